The largest absolute Gasteiger partial charge is 0.376 e. The summed E-state index contributed by atoms with van der Waals surface area (Å²) in [5, 5.41) is 5.30. The van der Waals surface area contributed by atoms with Gasteiger partial charge in [0.25, 0.3) is 5.24 Å². The van der Waals surface area contributed by atoms with E-state index in [0.717, 1.165) is 18.2 Å². The van der Waals surface area contributed by atoms with Crippen LogP contribution < -0.4 is 16.4 Å². The fourth-order valence-electron chi connectivity index (χ4n) is 2.02. The summed E-state index contributed by atoms with van der Waals surface area (Å²) in [6, 6.07) is -0.632. The van der Waals surface area contributed by atoms with Crippen LogP contribution in [0.1, 0.15) is 13.3 Å². The molecule has 4 N–H and O–H groups in total. The third-order valence-electron chi connectivity index (χ3n) is 3.05. The molecule has 1 saturated carbocycles. The maximum atomic E-state index is 11.8. The fourth-order valence-corrected chi connectivity index (χ4v) is 2.80. The quantitative estimate of drug-likeness (QED) is 0.629. The van der Waals surface area contributed by atoms with Crippen LogP contribution in [0.3, 0.4) is 0 Å². The number of hydrogen-bond donors (Lipinski definition) is 3. The first-order valence-corrected chi connectivity index (χ1v) is 6.71. The van der Waals surface area contributed by atoms with E-state index < -0.39 is 6.04 Å². The summed E-state index contributed by atoms with van der Waals surface area (Å²) in [6.07, 6.45) is 0.772. The molecule has 0 spiro atoms. The first-order chi connectivity index (χ1) is 8.11. The maximum Gasteiger partial charge on any atom is 0.279 e. The molecule has 2 fully saturated rings. The Labute approximate surface area is 104 Å². The smallest absolute Gasteiger partial charge is 0.279 e. The van der Waals surface area contributed by atoms with E-state index in [0.29, 0.717) is 12.4 Å². The van der Waals surface area contributed by atoms with Gasteiger partial charge in [0.1, 0.15) is 6.04 Å². The van der Waals surface area contributed by atoms with Gasteiger partial charge in [0.2, 0.25) is 5.91 Å². The van der Waals surface area contributed by atoms with Gasteiger partial charge < -0.3 is 21.1 Å². The van der Waals surface area contributed by atoms with Gasteiger partial charge in [-0.15, -0.1) is 0 Å². The monoisotopic (exact) mass is 259 g/mol. The minimum atomic E-state index is -0.442. The molecule has 0 aromatic heterocycles. The molecule has 1 aliphatic carbocycles. The van der Waals surface area contributed by atoms with Crippen molar-refractivity contribution in [2.45, 2.75) is 37.6 Å². The molecule has 0 aromatic carbocycles. The lowest BCUT2D eigenvalue weighted by atomic mass is 9.83. The Morgan fingerprint density at radius 3 is 3.00 bits per heavy atom. The zero-order chi connectivity index (χ0) is 12.4. The van der Waals surface area contributed by atoms with E-state index in [-0.39, 0.29) is 29.3 Å². The lowest BCUT2D eigenvalue weighted by Gasteiger charge is -2.42. The number of nitrogens with two attached hydrogens (primary N) is 1. The van der Waals surface area contributed by atoms with Crippen molar-refractivity contribution in [3.8, 4) is 0 Å². The fraction of sp³-hybridized carbons (Fsp3) is 0.800. The van der Waals surface area contributed by atoms with E-state index in [1.165, 1.54) is 0 Å². The Kier molecular flexibility index (Phi) is 3.90. The van der Waals surface area contributed by atoms with Crippen molar-refractivity contribution >= 4 is 22.9 Å². The zero-order valence-corrected chi connectivity index (χ0v) is 10.5. The Bertz CT molecular complexity index is 324. The average Bonchev–Trinajstić information content (AvgIpc) is 2.72. The minimum Gasteiger partial charge on any atom is -0.376 e. The summed E-state index contributed by atoms with van der Waals surface area (Å²) in [6.45, 7) is 2.52. The SMILES string of the molecule is CCOC1CC(N)C1NC(=O)C1CSC(=O)N1. The van der Waals surface area contributed by atoms with Crippen molar-refractivity contribution < 1.29 is 14.3 Å². The molecule has 96 valence electrons. The Morgan fingerprint density at radius 2 is 2.47 bits per heavy atom. The Hall–Kier alpha value is -0.790. The van der Waals surface area contributed by atoms with E-state index in [4.69, 9.17) is 10.5 Å². The standard InChI is InChI=1S/C10H17N3O3S/c1-2-16-7-3-5(11)8(7)13-9(14)6-4-17-10(15)12-6/h5-8H,2-4,11H2,1H3,(H,12,15)(H,13,14). The molecule has 0 aromatic rings. The molecule has 2 rings (SSSR count). The van der Waals surface area contributed by atoms with E-state index in [9.17, 15) is 9.59 Å². The summed E-state index contributed by atoms with van der Waals surface area (Å²) in [5.41, 5.74) is 5.83. The van der Waals surface area contributed by atoms with Crippen molar-refractivity contribution in [3.63, 3.8) is 0 Å². The molecule has 2 amide bonds. The van der Waals surface area contributed by atoms with Crippen molar-refractivity contribution in [2.24, 2.45) is 5.73 Å². The van der Waals surface area contributed by atoms with Gasteiger partial charge in [-0.3, -0.25) is 9.59 Å². The molecule has 1 heterocycles. The molecule has 17 heavy (non-hydrogen) atoms. The molecule has 4 atom stereocenters. The second kappa shape index (κ2) is 5.24. The molecular weight excluding hydrogens is 242 g/mol. The van der Waals surface area contributed by atoms with Gasteiger partial charge in [0.05, 0.1) is 12.1 Å². The third-order valence-corrected chi connectivity index (χ3v) is 3.93. The van der Waals surface area contributed by atoms with Crippen LogP contribution in [0.15, 0.2) is 0 Å². The summed E-state index contributed by atoms with van der Waals surface area (Å²) in [4.78, 5) is 22.8. The van der Waals surface area contributed by atoms with Crippen molar-refractivity contribution in [3.05, 3.63) is 0 Å². The molecular formula is C10H17N3O3S. The number of thioether (sulfide) groups is 1. The summed E-state index contributed by atoms with van der Waals surface area (Å²) in [7, 11) is 0. The minimum absolute atomic E-state index is 0.00343. The number of hydrogen-bond acceptors (Lipinski definition) is 5. The molecule has 4 unspecified atom stereocenters. The van der Waals surface area contributed by atoms with Gasteiger partial charge in [0.15, 0.2) is 0 Å². The number of amides is 2. The molecule has 7 heteroatoms. The van der Waals surface area contributed by atoms with Gasteiger partial charge in [-0.1, -0.05) is 11.8 Å². The number of rotatable bonds is 4. The van der Waals surface area contributed by atoms with Gasteiger partial charge >= 0.3 is 0 Å². The molecule has 1 aliphatic heterocycles. The van der Waals surface area contributed by atoms with Crippen molar-refractivity contribution in [1.82, 2.24) is 10.6 Å². The van der Waals surface area contributed by atoms with Gasteiger partial charge in [-0.25, -0.2) is 0 Å². The molecule has 0 radical (unpaired) electrons. The van der Waals surface area contributed by atoms with Crippen LogP contribution >= 0.6 is 11.8 Å². The second-order valence-electron chi connectivity index (χ2n) is 4.22. The van der Waals surface area contributed by atoms with E-state index in [1.54, 1.807) is 0 Å². The maximum absolute atomic E-state index is 11.8. The first-order valence-electron chi connectivity index (χ1n) is 5.72. The van der Waals surface area contributed by atoms with Crippen LogP contribution in [0.2, 0.25) is 0 Å². The number of carbonyl (C=O) groups is 2. The normalized spacial score (nSPS) is 36.2. The van der Waals surface area contributed by atoms with Gasteiger partial charge in [-0.2, -0.15) is 0 Å². The lowest BCUT2D eigenvalue weighted by Crippen LogP contribution is -2.66. The van der Waals surface area contributed by atoms with Crippen LogP contribution in [-0.4, -0.2) is 47.7 Å². The highest BCUT2D eigenvalue weighted by atomic mass is 32.2. The third kappa shape index (κ3) is 2.72. The predicted octanol–water partition coefficient (Wildman–Crippen LogP) is -0.568. The Balaban J connectivity index is 1.83. The summed E-state index contributed by atoms with van der Waals surface area (Å²) in [5.74, 6) is 0.305. The summed E-state index contributed by atoms with van der Waals surface area (Å²) < 4.78 is 5.46. The predicted molar refractivity (Wildman–Crippen MR) is 64.7 cm³/mol. The second-order valence-corrected chi connectivity index (χ2v) is 5.22. The van der Waals surface area contributed by atoms with E-state index >= 15 is 0 Å². The van der Waals surface area contributed by atoms with E-state index in [2.05, 4.69) is 10.6 Å². The summed E-state index contributed by atoms with van der Waals surface area (Å²) >= 11 is 1.12. The highest BCUT2D eigenvalue weighted by Gasteiger charge is 2.41. The van der Waals surface area contributed by atoms with Gasteiger partial charge in [-0.05, 0) is 13.3 Å². The number of carbonyl (C=O) groups excluding carboxylic acids is 2. The van der Waals surface area contributed by atoms with Crippen LogP contribution in [0, 0.1) is 0 Å². The van der Waals surface area contributed by atoms with Crippen LogP contribution in [0.25, 0.3) is 0 Å². The molecule has 1 saturated heterocycles. The van der Waals surface area contributed by atoms with Crippen LogP contribution in [-0.2, 0) is 9.53 Å². The number of ether oxygens (including phenoxy) is 1. The number of nitrogens with one attached hydrogen (secondary N) is 2. The Morgan fingerprint density at radius 1 is 1.71 bits per heavy atom. The molecule has 2 aliphatic rings. The first kappa shape index (κ1) is 12.7. The zero-order valence-electron chi connectivity index (χ0n) is 9.64. The van der Waals surface area contributed by atoms with Crippen molar-refractivity contribution in [2.75, 3.05) is 12.4 Å². The van der Waals surface area contributed by atoms with Crippen LogP contribution in [0.4, 0.5) is 4.79 Å². The topological polar surface area (TPSA) is 93.4 Å². The molecule has 0 bridgehead atoms. The molecule has 6 nitrogen and oxygen atoms in total. The van der Waals surface area contributed by atoms with Crippen LogP contribution in [0.5, 0.6) is 0 Å². The lowest BCUT2D eigenvalue weighted by molar-refractivity contribution is -0.126. The average molecular weight is 259 g/mol. The van der Waals surface area contributed by atoms with Gasteiger partial charge in [0, 0.05) is 18.4 Å². The van der Waals surface area contributed by atoms with E-state index in [1.807, 2.05) is 6.92 Å². The van der Waals surface area contributed by atoms with Crippen molar-refractivity contribution in [1.29, 1.82) is 0 Å². The highest BCUT2D eigenvalue weighted by Crippen LogP contribution is 2.23. The highest BCUT2D eigenvalue weighted by molar-refractivity contribution is 8.14.